The number of hydrogen-bond acceptors (Lipinski definition) is 5. The zero-order valence-corrected chi connectivity index (χ0v) is 15.2. The molecule has 21 heavy (non-hydrogen) atoms. The molecule has 0 amide bonds. The Balaban J connectivity index is 1.96. The van der Waals surface area contributed by atoms with Crippen molar-refractivity contribution in [2.45, 2.75) is 61.2 Å². The normalized spacial score (nSPS) is 23.0. The molecule has 1 aliphatic carbocycles. The lowest BCUT2D eigenvalue weighted by Gasteiger charge is -2.12. The lowest BCUT2D eigenvalue weighted by atomic mass is 10.3. The molecule has 0 aliphatic heterocycles. The molecule has 1 aromatic rings. The molecule has 0 saturated heterocycles. The van der Waals surface area contributed by atoms with Gasteiger partial charge in [-0.15, -0.1) is 11.3 Å². The Kier molecular flexibility index (Phi) is 6.14. The molecule has 1 aliphatic rings. The molecular weight excluding hydrogens is 324 g/mol. The molecule has 0 bridgehead atoms. The molecule has 0 spiro atoms. The minimum atomic E-state index is -3.36. The van der Waals surface area contributed by atoms with E-state index in [2.05, 4.69) is 30.1 Å². The lowest BCUT2D eigenvalue weighted by molar-refractivity contribution is 0.554. The molecule has 1 heterocycles. The molecule has 4 nitrogen and oxygen atoms in total. The van der Waals surface area contributed by atoms with Crippen molar-refractivity contribution < 1.29 is 8.42 Å². The summed E-state index contributed by atoms with van der Waals surface area (Å²) >= 11 is 3.13. The van der Waals surface area contributed by atoms with Gasteiger partial charge >= 0.3 is 0 Å². The predicted octanol–water partition coefficient (Wildman–Crippen LogP) is 2.81. The van der Waals surface area contributed by atoms with Crippen molar-refractivity contribution in [3.05, 3.63) is 17.0 Å². The van der Waals surface area contributed by atoms with E-state index in [9.17, 15) is 8.42 Å². The van der Waals surface area contributed by atoms with Crippen molar-refractivity contribution in [2.24, 2.45) is 0 Å². The fraction of sp³-hybridized carbons (Fsp3) is 0.714. The van der Waals surface area contributed by atoms with E-state index in [-0.39, 0.29) is 6.04 Å². The van der Waals surface area contributed by atoms with Gasteiger partial charge in [0.25, 0.3) is 0 Å². The predicted molar refractivity (Wildman–Crippen MR) is 91.6 cm³/mol. The first-order valence-electron chi connectivity index (χ1n) is 7.26. The first kappa shape index (κ1) is 17.3. The van der Waals surface area contributed by atoms with Crippen LogP contribution in [0.1, 0.15) is 38.7 Å². The standard InChI is InChI=1S/C14H24N2O2S3/c1-10(2)15-8-11-6-14(20-9-11)21(17,18)16-12-4-5-13(7-12)19-3/h6,9-10,12-13,15-16H,4-5,7-8H2,1-3H3. The van der Waals surface area contributed by atoms with Crippen LogP contribution in [0.2, 0.25) is 0 Å². The van der Waals surface area contributed by atoms with Gasteiger partial charge in [0.2, 0.25) is 10.0 Å². The van der Waals surface area contributed by atoms with E-state index in [1.54, 1.807) is 6.07 Å². The zero-order valence-electron chi connectivity index (χ0n) is 12.8. The third-order valence-electron chi connectivity index (χ3n) is 3.65. The molecular formula is C14H24N2O2S3. The smallest absolute Gasteiger partial charge is 0.250 e. The number of rotatable bonds is 7. The minimum absolute atomic E-state index is 0.0896. The van der Waals surface area contributed by atoms with Gasteiger partial charge in [0.1, 0.15) is 4.21 Å². The van der Waals surface area contributed by atoms with Gasteiger partial charge in [-0.05, 0) is 42.5 Å². The quantitative estimate of drug-likeness (QED) is 0.795. The van der Waals surface area contributed by atoms with Gasteiger partial charge in [0.05, 0.1) is 0 Å². The summed E-state index contributed by atoms with van der Waals surface area (Å²) in [5, 5.41) is 5.81. The zero-order chi connectivity index (χ0) is 15.5. The van der Waals surface area contributed by atoms with Gasteiger partial charge in [-0.25, -0.2) is 13.1 Å². The number of hydrogen-bond donors (Lipinski definition) is 2. The SMILES string of the molecule is CSC1CCC(NS(=O)(=O)c2cc(CNC(C)C)cs2)C1. The minimum Gasteiger partial charge on any atom is -0.310 e. The van der Waals surface area contributed by atoms with Crippen LogP contribution in [0, 0.1) is 0 Å². The van der Waals surface area contributed by atoms with Gasteiger partial charge in [-0.2, -0.15) is 11.8 Å². The fourth-order valence-corrected chi connectivity index (χ4v) is 5.75. The van der Waals surface area contributed by atoms with E-state index >= 15 is 0 Å². The topological polar surface area (TPSA) is 58.2 Å². The van der Waals surface area contributed by atoms with Gasteiger partial charge in [-0.3, -0.25) is 0 Å². The molecule has 7 heteroatoms. The largest absolute Gasteiger partial charge is 0.310 e. The van der Waals surface area contributed by atoms with Crippen molar-refractivity contribution in [3.63, 3.8) is 0 Å². The van der Waals surface area contributed by atoms with Crippen LogP contribution in [0.3, 0.4) is 0 Å². The van der Waals surface area contributed by atoms with Crippen molar-refractivity contribution in [2.75, 3.05) is 6.26 Å². The third-order valence-corrected chi connectivity index (χ3v) is 7.75. The number of thioether (sulfide) groups is 1. The number of sulfonamides is 1. The molecule has 2 N–H and O–H groups in total. The molecule has 1 saturated carbocycles. The molecule has 120 valence electrons. The Morgan fingerprint density at radius 1 is 1.43 bits per heavy atom. The van der Waals surface area contributed by atoms with Gasteiger partial charge < -0.3 is 5.32 Å². The van der Waals surface area contributed by atoms with E-state index in [0.29, 0.717) is 22.0 Å². The van der Waals surface area contributed by atoms with Crippen LogP contribution in [0.5, 0.6) is 0 Å². The fourth-order valence-electron chi connectivity index (χ4n) is 2.45. The molecule has 0 aromatic carbocycles. The van der Waals surface area contributed by atoms with Crippen molar-refractivity contribution >= 4 is 33.1 Å². The summed E-state index contributed by atoms with van der Waals surface area (Å²) in [4.78, 5) is 0. The Bertz CT molecular complexity index is 554. The monoisotopic (exact) mass is 348 g/mol. The number of nitrogens with one attached hydrogen (secondary N) is 2. The second-order valence-electron chi connectivity index (χ2n) is 5.80. The summed E-state index contributed by atoms with van der Waals surface area (Å²) in [6, 6.07) is 2.26. The maximum Gasteiger partial charge on any atom is 0.250 e. The van der Waals surface area contributed by atoms with Crippen molar-refractivity contribution in [3.8, 4) is 0 Å². The Morgan fingerprint density at radius 3 is 2.81 bits per heavy atom. The van der Waals surface area contributed by atoms with Crippen LogP contribution in [-0.2, 0) is 16.6 Å². The van der Waals surface area contributed by atoms with Gasteiger partial charge in [0.15, 0.2) is 0 Å². The second-order valence-corrected chi connectivity index (χ2v) is 9.79. The van der Waals surface area contributed by atoms with Crippen LogP contribution in [0.15, 0.2) is 15.7 Å². The molecule has 1 fully saturated rings. The van der Waals surface area contributed by atoms with Gasteiger partial charge in [0, 0.05) is 23.9 Å². The summed E-state index contributed by atoms with van der Waals surface area (Å²) in [5.74, 6) is 0. The van der Waals surface area contributed by atoms with Gasteiger partial charge in [-0.1, -0.05) is 13.8 Å². The number of thiophene rings is 1. The molecule has 2 rings (SSSR count). The third kappa shape index (κ3) is 4.96. The van der Waals surface area contributed by atoms with Crippen LogP contribution < -0.4 is 10.0 Å². The van der Waals surface area contributed by atoms with E-state index < -0.39 is 10.0 Å². The average Bonchev–Trinajstić information content (AvgIpc) is 3.04. The van der Waals surface area contributed by atoms with E-state index in [1.165, 1.54) is 11.3 Å². The average molecular weight is 349 g/mol. The second kappa shape index (κ2) is 7.46. The molecule has 2 unspecified atom stereocenters. The van der Waals surface area contributed by atoms with Crippen molar-refractivity contribution in [1.29, 1.82) is 0 Å². The maximum absolute atomic E-state index is 12.4. The van der Waals surface area contributed by atoms with E-state index in [0.717, 1.165) is 24.8 Å². The summed E-state index contributed by atoms with van der Waals surface area (Å²) < 4.78 is 28.1. The molecule has 0 radical (unpaired) electrons. The van der Waals surface area contributed by atoms with E-state index in [4.69, 9.17) is 0 Å². The van der Waals surface area contributed by atoms with Crippen LogP contribution in [-0.4, -0.2) is 32.0 Å². The highest BCUT2D eigenvalue weighted by molar-refractivity contribution is 7.99. The summed E-state index contributed by atoms with van der Waals surface area (Å²) in [6.07, 6.45) is 5.07. The summed E-state index contributed by atoms with van der Waals surface area (Å²) in [6.45, 7) is 4.86. The van der Waals surface area contributed by atoms with E-state index in [1.807, 2.05) is 17.1 Å². The lowest BCUT2D eigenvalue weighted by Crippen LogP contribution is -2.32. The molecule has 2 atom stereocenters. The maximum atomic E-state index is 12.4. The molecule has 1 aromatic heterocycles. The summed E-state index contributed by atoms with van der Waals surface area (Å²) in [5.41, 5.74) is 1.03. The van der Waals surface area contributed by atoms with Crippen molar-refractivity contribution in [1.82, 2.24) is 10.0 Å². The highest BCUT2D eigenvalue weighted by atomic mass is 32.2. The first-order valence-corrected chi connectivity index (χ1v) is 10.9. The highest BCUT2D eigenvalue weighted by Crippen LogP contribution is 2.30. The first-order chi connectivity index (χ1) is 9.90. The highest BCUT2D eigenvalue weighted by Gasteiger charge is 2.28. The van der Waals surface area contributed by atoms with Crippen LogP contribution >= 0.6 is 23.1 Å². The Hall–Kier alpha value is -0.0800. The Morgan fingerprint density at radius 2 is 2.19 bits per heavy atom. The summed E-state index contributed by atoms with van der Waals surface area (Å²) in [7, 11) is -3.36. The van der Waals surface area contributed by atoms with Crippen LogP contribution in [0.4, 0.5) is 0 Å². The van der Waals surface area contributed by atoms with Crippen LogP contribution in [0.25, 0.3) is 0 Å². The Labute approximate surface area is 136 Å².